The van der Waals surface area contributed by atoms with Crippen molar-refractivity contribution < 1.29 is 9.53 Å². The van der Waals surface area contributed by atoms with Gasteiger partial charge in [-0.2, -0.15) is 0 Å². The van der Waals surface area contributed by atoms with Gasteiger partial charge in [-0.05, 0) is 74.1 Å². The molecule has 2 N–H and O–H groups in total. The monoisotopic (exact) mass is 392 g/mol. The second-order valence-electron chi connectivity index (χ2n) is 6.97. The second-order valence-corrected chi connectivity index (χ2v) is 7.40. The Morgan fingerprint density at radius 2 is 1.89 bits per heavy atom. The molecule has 1 amide bonds. The van der Waals surface area contributed by atoms with Crippen molar-refractivity contribution in [3.05, 3.63) is 40.6 Å². The zero-order valence-electron chi connectivity index (χ0n) is 16.8. The highest BCUT2D eigenvalue weighted by Crippen LogP contribution is 2.41. The molecule has 3 aliphatic rings. The van der Waals surface area contributed by atoms with E-state index in [0.717, 1.165) is 42.7 Å². The summed E-state index contributed by atoms with van der Waals surface area (Å²) in [5, 5.41) is 6.36. The van der Waals surface area contributed by atoms with Crippen molar-refractivity contribution in [2.45, 2.75) is 52.4 Å². The normalized spacial score (nSPS) is 20.9. The maximum absolute atomic E-state index is 11.4. The van der Waals surface area contributed by atoms with Gasteiger partial charge in [0.1, 0.15) is 5.70 Å². The van der Waals surface area contributed by atoms with Crippen LogP contribution in [0.1, 0.15) is 51.5 Å². The molecule has 0 spiro atoms. The van der Waals surface area contributed by atoms with Crippen molar-refractivity contribution in [2.24, 2.45) is 11.8 Å². The fraction of sp³-hybridized carbons (Fsp3) is 0.591. The van der Waals surface area contributed by atoms with Crippen LogP contribution in [0.4, 0.5) is 5.69 Å². The first kappa shape index (κ1) is 21.8. The Bertz CT molecular complexity index is 633. The molecule has 1 aromatic carbocycles. The van der Waals surface area contributed by atoms with Crippen molar-refractivity contribution >= 4 is 23.2 Å². The molecule has 150 valence electrons. The standard InChI is InChI=1S/C11H11ClN2O.C9H16O.C2H6/c1-13-11(15)10-4-2-7-6-8(12)3-5-9(7)14-10;1-2-8(9-3-4-9)5-7-10-6-1;1-2/h3-6,14H,2H2,1H3,(H,13,15);8-9H,1-7H2;1-2H3. The number of carbonyl (C=O) groups is 1. The minimum atomic E-state index is -0.101. The van der Waals surface area contributed by atoms with E-state index in [1.807, 2.05) is 32.1 Å². The summed E-state index contributed by atoms with van der Waals surface area (Å²) < 4.78 is 5.40. The predicted octanol–water partition coefficient (Wildman–Crippen LogP) is 5.18. The number of likely N-dealkylation sites (N-methyl/N-ethyl adjacent to an activating group) is 1. The molecule has 4 nitrogen and oxygen atoms in total. The number of ether oxygens (including phenoxy) is 1. The van der Waals surface area contributed by atoms with E-state index in [0.29, 0.717) is 10.7 Å². The van der Waals surface area contributed by atoms with E-state index >= 15 is 0 Å². The molecule has 0 radical (unpaired) electrons. The SMILES string of the molecule is C1COCCC(C2CC2)C1.CC.CNC(=O)C1=CCc2cc(Cl)ccc2N1. The molecule has 2 fully saturated rings. The third-order valence-corrected chi connectivity index (χ3v) is 5.35. The molecule has 1 saturated heterocycles. The van der Waals surface area contributed by atoms with Crippen molar-refractivity contribution in [3.63, 3.8) is 0 Å². The van der Waals surface area contributed by atoms with Crippen molar-refractivity contribution in [2.75, 3.05) is 25.6 Å². The van der Waals surface area contributed by atoms with Gasteiger partial charge in [-0.3, -0.25) is 4.79 Å². The lowest BCUT2D eigenvalue weighted by atomic mass is 9.96. The molecule has 5 heteroatoms. The van der Waals surface area contributed by atoms with E-state index in [-0.39, 0.29) is 5.91 Å². The van der Waals surface area contributed by atoms with Gasteiger partial charge < -0.3 is 15.4 Å². The van der Waals surface area contributed by atoms with E-state index in [2.05, 4.69) is 10.6 Å². The summed E-state index contributed by atoms with van der Waals surface area (Å²) in [6, 6.07) is 5.59. The summed E-state index contributed by atoms with van der Waals surface area (Å²) in [6.45, 7) is 6.05. The Balaban J connectivity index is 0.000000189. The van der Waals surface area contributed by atoms with Gasteiger partial charge in [0.2, 0.25) is 0 Å². The lowest BCUT2D eigenvalue weighted by Gasteiger charge is -2.18. The molecule has 2 aliphatic heterocycles. The minimum absolute atomic E-state index is 0.101. The molecule has 0 aromatic heterocycles. The number of anilines is 1. The molecule has 4 rings (SSSR count). The first-order valence-electron chi connectivity index (χ1n) is 10.2. The quantitative estimate of drug-likeness (QED) is 0.729. The molecule has 1 aromatic rings. The Morgan fingerprint density at radius 1 is 1.15 bits per heavy atom. The van der Waals surface area contributed by atoms with Gasteiger partial charge in [-0.1, -0.05) is 31.5 Å². The van der Waals surface area contributed by atoms with Gasteiger partial charge in [-0.15, -0.1) is 0 Å². The summed E-state index contributed by atoms with van der Waals surface area (Å²) >= 11 is 5.88. The number of benzene rings is 1. The van der Waals surface area contributed by atoms with E-state index in [1.165, 1.54) is 32.1 Å². The van der Waals surface area contributed by atoms with E-state index in [4.69, 9.17) is 16.3 Å². The molecule has 1 saturated carbocycles. The number of carbonyl (C=O) groups excluding carboxylic acids is 1. The topological polar surface area (TPSA) is 50.4 Å². The highest BCUT2D eigenvalue weighted by Gasteiger charge is 2.30. The van der Waals surface area contributed by atoms with E-state index in [9.17, 15) is 4.79 Å². The fourth-order valence-corrected chi connectivity index (χ4v) is 3.71. The molecule has 2 heterocycles. The number of hydrogen-bond donors (Lipinski definition) is 2. The largest absolute Gasteiger partial charge is 0.381 e. The maximum atomic E-state index is 11.4. The number of halogens is 1. The Hall–Kier alpha value is -1.52. The molecule has 1 atom stereocenters. The first-order valence-corrected chi connectivity index (χ1v) is 10.6. The summed E-state index contributed by atoms with van der Waals surface area (Å²) in [7, 11) is 1.61. The van der Waals surface area contributed by atoms with Crippen LogP contribution in [0.3, 0.4) is 0 Å². The van der Waals surface area contributed by atoms with Crippen molar-refractivity contribution in [1.82, 2.24) is 5.32 Å². The first-order chi connectivity index (χ1) is 13.2. The lowest BCUT2D eigenvalue weighted by molar-refractivity contribution is -0.116. The van der Waals surface area contributed by atoms with E-state index in [1.54, 1.807) is 13.1 Å². The van der Waals surface area contributed by atoms with Crippen molar-refractivity contribution in [1.29, 1.82) is 0 Å². The van der Waals surface area contributed by atoms with Crippen molar-refractivity contribution in [3.8, 4) is 0 Å². The fourth-order valence-electron chi connectivity index (χ4n) is 3.51. The van der Waals surface area contributed by atoms with Crippen LogP contribution >= 0.6 is 11.6 Å². The van der Waals surface area contributed by atoms with Crippen LogP contribution in [0.5, 0.6) is 0 Å². The maximum Gasteiger partial charge on any atom is 0.267 e. The van der Waals surface area contributed by atoms with Crippen LogP contribution in [0.25, 0.3) is 0 Å². The molecular weight excluding hydrogens is 360 g/mol. The minimum Gasteiger partial charge on any atom is -0.381 e. The number of rotatable bonds is 2. The van der Waals surface area contributed by atoms with Gasteiger partial charge in [0, 0.05) is 31.0 Å². The summed E-state index contributed by atoms with van der Waals surface area (Å²) in [6.07, 6.45) is 9.68. The van der Waals surface area contributed by atoms with Crippen LogP contribution in [-0.4, -0.2) is 26.2 Å². The van der Waals surface area contributed by atoms with Gasteiger partial charge in [0.15, 0.2) is 0 Å². The molecule has 1 unspecified atom stereocenters. The Kier molecular flexibility index (Phi) is 9.16. The smallest absolute Gasteiger partial charge is 0.267 e. The van der Waals surface area contributed by atoms with E-state index < -0.39 is 0 Å². The molecule has 0 bridgehead atoms. The molecular formula is C22H33ClN2O2. The third kappa shape index (κ3) is 6.86. The highest BCUT2D eigenvalue weighted by atomic mass is 35.5. The average molecular weight is 393 g/mol. The predicted molar refractivity (Wildman–Crippen MR) is 113 cm³/mol. The third-order valence-electron chi connectivity index (χ3n) is 5.12. The summed E-state index contributed by atoms with van der Waals surface area (Å²) in [5.74, 6) is 2.03. The summed E-state index contributed by atoms with van der Waals surface area (Å²) in [4.78, 5) is 11.4. The van der Waals surface area contributed by atoms with Gasteiger partial charge >= 0.3 is 0 Å². The lowest BCUT2D eigenvalue weighted by Crippen LogP contribution is -2.26. The number of amides is 1. The Morgan fingerprint density at radius 3 is 2.59 bits per heavy atom. The average Bonchev–Trinajstić information content (AvgIpc) is 3.55. The molecule has 27 heavy (non-hydrogen) atoms. The number of hydrogen-bond acceptors (Lipinski definition) is 3. The zero-order chi connectivity index (χ0) is 19.6. The number of nitrogens with one attached hydrogen (secondary N) is 2. The van der Waals surface area contributed by atoms with Gasteiger partial charge in [-0.25, -0.2) is 0 Å². The zero-order valence-corrected chi connectivity index (χ0v) is 17.6. The van der Waals surface area contributed by atoms with Crippen LogP contribution < -0.4 is 10.6 Å². The second kappa shape index (κ2) is 11.4. The summed E-state index contributed by atoms with van der Waals surface area (Å²) in [5.41, 5.74) is 2.64. The van der Waals surface area contributed by atoms with Crippen LogP contribution in [0, 0.1) is 11.8 Å². The van der Waals surface area contributed by atoms with Crippen LogP contribution in [0.2, 0.25) is 5.02 Å². The van der Waals surface area contributed by atoms with Crippen LogP contribution in [-0.2, 0) is 16.0 Å². The van der Waals surface area contributed by atoms with Gasteiger partial charge in [0.05, 0.1) is 0 Å². The number of fused-ring (bicyclic) bond motifs is 1. The highest BCUT2D eigenvalue weighted by molar-refractivity contribution is 6.30. The number of allylic oxidation sites excluding steroid dienone is 1. The molecule has 1 aliphatic carbocycles. The van der Waals surface area contributed by atoms with Gasteiger partial charge in [0.25, 0.3) is 5.91 Å². The Labute approximate surface area is 168 Å². The van der Waals surface area contributed by atoms with Crippen LogP contribution in [0.15, 0.2) is 30.0 Å².